The van der Waals surface area contributed by atoms with E-state index in [0.29, 0.717) is 0 Å². The first kappa shape index (κ1) is 15.2. The van der Waals surface area contributed by atoms with Gasteiger partial charge in [-0.3, -0.25) is 0 Å². The van der Waals surface area contributed by atoms with Crippen LogP contribution >= 0.6 is 0 Å². The zero-order valence-corrected chi connectivity index (χ0v) is 11.0. The van der Waals surface area contributed by atoms with Crippen molar-refractivity contribution >= 4 is 0 Å². The van der Waals surface area contributed by atoms with E-state index in [0.717, 1.165) is 50.6 Å². The molecular weight excluding hydrogens is 226 g/mol. The summed E-state index contributed by atoms with van der Waals surface area (Å²) in [5.74, 6) is 0. The van der Waals surface area contributed by atoms with Gasteiger partial charge < -0.3 is 15.9 Å². The van der Waals surface area contributed by atoms with Gasteiger partial charge in [-0.15, -0.1) is 0 Å². The van der Waals surface area contributed by atoms with Crippen molar-refractivity contribution in [2.24, 2.45) is 5.73 Å². The minimum absolute atomic E-state index is 0.228. The van der Waals surface area contributed by atoms with E-state index in [1.54, 1.807) is 0 Å². The Bertz CT molecular complexity index is 311. The second kappa shape index (κ2) is 9.09. The molecule has 3 nitrogen and oxygen atoms in total. The van der Waals surface area contributed by atoms with Gasteiger partial charge in [-0.05, 0) is 43.4 Å². The normalized spacial score (nSPS) is 12.6. The van der Waals surface area contributed by atoms with Crippen molar-refractivity contribution in [2.45, 2.75) is 44.6 Å². The van der Waals surface area contributed by atoms with Gasteiger partial charge in [0.1, 0.15) is 0 Å². The van der Waals surface area contributed by atoms with E-state index >= 15 is 0 Å². The fraction of sp³-hybridized carbons (Fsp3) is 0.600. The predicted octanol–water partition coefficient (Wildman–Crippen LogP) is 2.16. The lowest BCUT2D eigenvalue weighted by atomic mass is 10.0. The Morgan fingerprint density at radius 3 is 2.33 bits per heavy atom. The quantitative estimate of drug-likeness (QED) is 0.589. The topological polar surface area (TPSA) is 66.5 Å². The molecule has 1 atom stereocenters. The molecule has 0 spiro atoms. The zero-order valence-electron chi connectivity index (χ0n) is 11.0. The predicted molar refractivity (Wildman–Crippen MR) is 74.3 cm³/mol. The van der Waals surface area contributed by atoms with Crippen molar-refractivity contribution in [1.29, 1.82) is 0 Å². The summed E-state index contributed by atoms with van der Waals surface area (Å²) in [6.45, 7) is 0.959. The average Bonchev–Trinajstić information content (AvgIpc) is 2.41. The molecule has 1 unspecified atom stereocenters. The molecule has 0 aliphatic rings. The summed E-state index contributed by atoms with van der Waals surface area (Å²) >= 11 is 0. The van der Waals surface area contributed by atoms with Crippen molar-refractivity contribution < 1.29 is 10.2 Å². The molecule has 18 heavy (non-hydrogen) atoms. The number of benzene rings is 1. The van der Waals surface area contributed by atoms with Crippen LogP contribution in [0.3, 0.4) is 0 Å². The molecule has 0 bridgehead atoms. The molecule has 0 aliphatic heterocycles. The Labute approximate surface area is 110 Å². The summed E-state index contributed by atoms with van der Waals surface area (Å²) in [5, 5.41) is 18.8. The van der Waals surface area contributed by atoms with Crippen LogP contribution in [0.25, 0.3) is 0 Å². The number of rotatable bonds is 9. The standard InChI is InChI=1S/C15H25NO2/c16-11-3-1-2-6-15(18)14-9-7-13(8-10-14)5-4-12-17/h7-10,15,17-18H,1-6,11-12,16H2. The molecule has 0 aromatic heterocycles. The van der Waals surface area contributed by atoms with Gasteiger partial charge in [-0.25, -0.2) is 0 Å². The molecule has 0 heterocycles. The number of aliphatic hydroxyl groups excluding tert-OH is 2. The maximum Gasteiger partial charge on any atom is 0.0790 e. The van der Waals surface area contributed by atoms with Crippen LogP contribution in [0.15, 0.2) is 24.3 Å². The Kier molecular flexibility index (Phi) is 7.65. The Morgan fingerprint density at radius 1 is 1.00 bits per heavy atom. The van der Waals surface area contributed by atoms with Crippen LogP contribution in [0.5, 0.6) is 0 Å². The van der Waals surface area contributed by atoms with E-state index in [1.165, 1.54) is 5.56 Å². The summed E-state index contributed by atoms with van der Waals surface area (Å²) in [6.07, 6.45) is 5.26. The van der Waals surface area contributed by atoms with Crippen LogP contribution in [0.2, 0.25) is 0 Å². The molecule has 0 saturated carbocycles. The van der Waals surface area contributed by atoms with E-state index in [4.69, 9.17) is 10.8 Å². The fourth-order valence-electron chi connectivity index (χ4n) is 2.02. The smallest absolute Gasteiger partial charge is 0.0790 e. The van der Waals surface area contributed by atoms with Gasteiger partial charge in [0.15, 0.2) is 0 Å². The number of unbranched alkanes of at least 4 members (excludes halogenated alkanes) is 2. The fourth-order valence-corrected chi connectivity index (χ4v) is 2.02. The molecule has 1 rings (SSSR count). The number of nitrogens with two attached hydrogens (primary N) is 1. The van der Waals surface area contributed by atoms with E-state index in [1.807, 2.05) is 24.3 Å². The molecule has 0 aliphatic carbocycles. The van der Waals surface area contributed by atoms with Crippen molar-refractivity contribution in [3.63, 3.8) is 0 Å². The molecule has 1 aromatic rings. The molecule has 0 amide bonds. The van der Waals surface area contributed by atoms with Gasteiger partial charge in [0.25, 0.3) is 0 Å². The summed E-state index contributed by atoms with van der Waals surface area (Å²) in [4.78, 5) is 0. The highest BCUT2D eigenvalue weighted by molar-refractivity contribution is 5.24. The first-order valence-corrected chi connectivity index (χ1v) is 6.85. The third-order valence-electron chi connectivity index (χ3n) is 3.17. The van der Waals surface area contributed by atoms with Crippen molar-refractivity contribution in [1.82, 2.24) is 0 Å². The maximum atomic E-state index is 10.0. The summed E-state index contributed by atoms with van der Waals surface area (Å²) in [6, 6.07) is 8.04. The van der Waals surface area contributed by atoms with Crippen LogP contribution in [0.1, 0.15) is 49.3 Å². The van der Waals surface area contributed by atoms with Crippen molar-refractivity contribution in [3.05, 3.63) is 35.4 Å². The zero-order chi connectivity index (χ0) is 13.2. The van der Waals surface area contributed by atoms with Gasteiger partial charge in [-0.1, -0.05) is 37.1 Å². The largest absolute Gasteiger partial charge is 0.396 e. The first-order valence-electron chi connectivity index (χ1n) is 6.85. The van der Waals surface area contributed by atoms with Gasteiger partial charge in [-0.2, -0.15) is 0 Å². The van der Waals surface area contributed by atoms with E-state index in [2.05, 4.69) is 0 Å². The third-order valence-corrected chi connectivity index (χ3v) is 3.17. The van der Waals surface area contributed by atoms with E-state index < -0.39 is 0 Å². The summed E-state index contributed by atoms with van der Waals surface area (Å²) < 4.78 is 0. The lowest BCUT2D eigenvalue weighted by Crippen LogP contribution is -2.00. The second-order valence-corrected chi connectivity index (χ2v) is 4.72. The summed E-state index contributed by atoms with van der Waals surface area (Å²) in [7, 11) is 0. The third kappa shape index (κ3) is 5.63. The molecule has 0 saturated heterocycles. The Hall–Kier alpha value is -0.900. The molecule has 0 radical (unpaired) electrons. The summed E-state index contributed by atoms with van der Waals surface area (Å²) in [5.41, 5.74) is 7.63. The number of aryl methyl sites for hydroxylation is 1. The lowest BCUT2D eigenvalue weighted by molar-refractivity contribution is 0.163. The molecule has 102 valence electrons. The van der Waals surface area contributed by atoms with Crippen LogP contribution in [-0.2, 0) is 6.42 Å². The first-order chi connectivity index (χ1) is 8.77. The highest BCUT2D eigenvalue weighted by Crippen LogP contribution is 2.20. The monoisotopic (exact) mass is 251 g/mol. The molecule has 1 aromatic carbocycles. The van der Waals surface area contributed by atoms with Crippen LogP contribution in [0.4, 0.5) is 0 Å². The number of hydrogen-bond donors (Lipinski definition) is 3. The van der Waals surface area contributed by atoms with Gasteiger partial charge in [0.05, 0.1) is 6.10 Å². The van der Waals surface area contributed by atoms with E-state index in [-0.39, 0.29) is 12.7 Å². The molecule has 3 heteroatoms. The van der Waals surface area contributed by atoms with Gasteiger partial charge in [0, 0.05) is 6.61 Å². The minimum Gasteiger partial charge on any atom is -0.396 e. The number of hydrogen-bond acceptors (Lipinski definition) is 3. The van der Waals surface area contributed by atoms with Crippen LogP contribution in [0, 0.1) is 0 Å². The average molecular weight is 251 g/mol. The molecule has 4 N–H and O–H groups in total. The van der Waals surface area contributed by atoms with Crippen LogP contribution < -0.4 is 5.73 Å². The lowest BCUT2D eigenvalue weighted by Gasteiger charge is -2.11. The Balaban J connectivity index is 2.36. The highest BCUT2D eigenvalue weighted by Gasteiger charge is 2.06. The highest BCUT2D eigenvalue weighted by atomic mass is 16.3. The molecule has 0 fully saturated rings. The van der Waals surface area contributed by atoms with Gasteiger partial charge in [0.2, 0.25) is 0 Å². The Morgan fingerprint density at radius 2 is 1.72 bits per heavy atom. The minimum atomic E-state index is -0.366. The molecular formula is C15H25NO2. The second-order valence-electron chi connectivity index (χ2n) is 4.72. The SMILES string of the molecule is NCCCCCC(O)c1ccc(CCCO)cc1. The van der Waals surface area contributed by atoms with E-state index in [9.17, 15) is 5.11 Å². The van der Waals surface area contributed by atoms with Crippen LogP contribution in [-0.4, -0.2) is 23.4 Å². The van der Waals surface area contributed by atoms with Gasteiger partial charge >= 0.3 is 0 Å². The van der Waals surface area contributed by atoms with Crippen molar-refractivity contribution in [2.75, 3.05) is 13.2 Å². The van der Waals surface area contributed by atoms with Crippen molar-refractivity contribution in [3.8, 4) is 0 Å². The number of aliphatic hydroxyl groups is 2. The maximum absolute atomic E-state index is 10.0.